The topological polar surface area (TPSA) is 75.4 Å². The third kappa shape index (κ3) is 3.49. The van der Waals surface area contributed by atoms with Crippen LogP contribution in [0.4, 0.5) is 0 Å². The number of nitrogens with zero attached hydrogens (tertiary/aromatic N) is 1. The molecule has 0 fully saturated rings. The zero-order valence-electron chi connectivity index (χ0n) is 12.5. The molecule has 3 rings (SSSR count). The SMILES string of the molecule is Cc1csc(-c2cccc(C(=O)NC(CO)c3ccco3)c2)n1. The fraction of sp³-hybridized carbons (Fsp3) is 0.176. The summed E-state index contributed by atoms with van der Waals surface area (Å²) in [6.45, 7) is 1.70. The Labute approximate surface area is 137 Å². The summed E-state index contributed by atoms with van der Waals surface area (Å²) in [6.07, 6.45) is 1.51. The smallest absolute Gasteiger partial charge is 0.251 e. The van der Waals surface area contributed by atoms with Gasteiger partial charge in [-0.25, -0.2) is 4.98 Å². The molecule has 0 aliphatic heterocycles. The van der Waals surface area contributed by atoms with E-state index < -0.39 is 6.04 Å². The van der Waals surface area contributed by atoms with Gasteiger partial charge in [0, 0.05) is 22.2 Å². The van der Waals surface area contributed by atoms with Crippen molar-refractivity contribution >= 4 is 17.2 Å². The summed E-state index contributed by atoms with van der Waals surface area (Å²) in [7, 11) is 0. The summed E-state index contributed by atoms with van der Waals surface area (Å²) in [6, 6.07) is 10.1. The van der Waals surface area contributed by atoms with Crippen LogP contribution >= 0.6 is 11.3 Å². The van der Waals surface area contributed by atoms with Gasteiger partial charge in [0.25, 0.3) is 5.91 Å². The molecule has 2 heterocycles. The molecule has 23 heavy (non-hydrogen) atoms. The second-order valence-electron chi connectivity index (χ2n) is 5.10. The van der Waals surface area contributed by atoms with E-state index in [0.29, 0.717) is 11.3 Å². The number of carbonyl (C=O) groups is 1. The van der Waals surface area contributed by atoms with Crippen LogP contribution in [0.3, 0.4) is 0 Å². The van der Waals surface area contributed by atoms with Crippen LogP contribution in [0.2, 0.25) is 0 Å². The number of hydrogen-bond donors (Lipinski definition) is 2. The minimum Gasteiger partial charge on any atom is -0.467 e. The number of aliphatic hydroxyl groups excluding tert-OH is 1. The number of aryl methyl sites for hydroxylation is 1. The molecule has 1 atom stereocenters. The number of hydrogen-bond acceptors (Lipinski definition) is 5. The van der Waals surface area contributed by atoms with Gasteiger partial charge in [0.05, 0.1) is 12.9 Å². The highest BCUT2D eigenvalue weighted by Gasteiger charge is 2.17. The van der Waals surface area contributed by atoms with Gasteiger partial charge in [-0.3, -0.25) is 4.79 Å². The van der Waals surface area contributed by atoms with Crippen LogP contribution in [-0.2, 0) is 0 Å². The minimum atomic E-state index is -0.566. The monoisotopic (exact) mass is 328 g/mol. The number of thiazole rings is 1. The molecule has 5 nitrogen and oxygen atoms in total. The highest BCUT2D eigenvalue weighted by atomic mass is 32.1. The lowest BCUT2D eigenvalue weighted by Crippen LogP contribution is -2.30. The van der Waals surface area contributed by atoms with E-state index in [1.807, 2.05) is 24.4 Å². The molecule has 1 aromatic carbocycles. The van der Waals surface area contributed by atoms with E-state index in [4.69, 9.17) is 4.42 Å². The van der Waals surface area contributed by atoms with Crippen LogP contribution in [0, 0.1) is 6.92 Å². The van der Waals surface area contributed by atoms with E-state index in [-0.39, 0.29) is 12.5 Å². The molecular formula is C17H16N2O3S. The maximum Gasteiger partial charge on any atom is 0.251 e. The Hall–Kier alpha value is -2.44. The van der Waals surface area contributed by atoms with Gasteiger partial charge in [-0.1, -0.05) is 12.1 Å². The first-order valence-corrected chi connectivity index (χ1v) is 8.03. The fourth-order valence-electron chi connectivity index (χ4n) is 2.22. The van der Waals surface area contributed by atoms with E-state index in [2.05, 4.69) is 10.3 Å². The Kier molecular flexibility index (Phi) is 4.55. The largest absolute Gasteiger partial charge is 0.467 e. The zero-order chi connectivity index (χ0) is 16.2. The van der Waals surface area contributed by atoms with Gasteiger partial charge >= 0.3 is 0 Å². The first-order chi connectivity index (χ1) is 11.2. The molecule has 0 aliphatic carbocycles. The third-order valence-corrected chi connectivity index (χ3v) is 4.37. The second-order valence-corrected chi connectivity index (χ2v) is 5.96. The molecule has 118 valence electrons. The van der Waals surface area contributed by atoms with Gasteiger partial charge in [0.1, 0.15) is 16.8 Å². The quantitative estimate of drug-likeness (QED) is 0.754. The molecule has 2 N–H and O–H groups in total. The normalized spacial score (nSPS) is 12.1. The number of amides is 1. The van der Waals surface area contributed by atoms with Crippen LogP contribution < -0.4 is 5.32 Å². The van der Waals surface area contributed by atoms with Gasteiger partial charge in [0.15, 0.2) is 0 Å². The summed E-state index contributed by atoms with van der Waals surface area (Å²) in [5.41, 5.74) is 2.37. The van der Waals surface area contributed by atoms with E-state index in [1.165, 1.54) is 6.26 Å². The molecule has 0 aliphatic rings. The number of furan rings is 1. The molecule has 0 bridgehead atoms. The Morgan fingerprint density at radius 1 is 1.39 bits per heavy atom. The first-order valence-electron chi connectivity index (χ1n) is 7.15. The molecule has 0 spiro atoms. The predicted octanol–water partition coefficient (Wildman–Crippen LogP) is 3.17. The fourth-order valence-corrected chi connectivity index (χ4v) is 3.01. The average molecular weight is 328 g/mol. The number of rotatable bonds is 5. The number of aliphatic hydroxyl groups is 1. The van der Waals surface area contributed by atoms with Crippen molar-refractivity contribution in [1.29, 1.82) is 0 Å². The van der Waals surface area contributed by atoms with Crippen molar-refractivity contribution < 1.29 is 14.3 Å². The summed E-state index contributed by atoms with van der Waals surface area (Å²) >= 11 is 1.54. The van der Waals surface area contributed by atoms with Crippen molar-refractivity contribution in [3.05, 3.63) is 65.1 Å². The third-order valence-electron chi connectivity index (χ3n) is 3.37. The van der Waals surface area contributed by atoms with Crippen molar-refractivity contribution in [2.45, 2.75) is 13.0 Å². The van der Waals surface area contributed by atoms with Crippen LogP contribution in [0.15, 0.2) is 52.5 Å². The summed E-state index contributed by atoms with van der Waals surface area (Å²) in [4.78, 5) is 16.8. The summed E-state index contributed by atoms with van der Waals surface area (Å²) in [5.74, 6) is 0.253. The van der Waals surface area contributed by atoms with Gasteiger partial charge in [-0.2, -0.15) is 0 Å². The van der Waals surface area contributed by atoms with E-state index >= 15 is 0 Å². The average Bonchev–Trinajstić information content (AvgIpc) is 3.24. The molecular weight excluding hydrogens is 312 g/mol. The first kappa shape index (κ1) is 15.5. The van der Waals surface area contributed by atoms with Crippen molar-refractivity contribution in [2.75, 3.05) is 6.61 Å². The highest BCUT2D eigenvalue weighted by Crippen LogP contribution is 2.24. The Bertz CT molecular complexity index is 796. The van der Waals surface area contributed by atoms with Crippen LogP contribution in [0.25, 0.3) is 10.6 Å². The zero-order valence-corrected chi connectivity index (χ0v) is 13.3. The van der Waals surface area contributed by atoms with E-state index in [9.17, 15) is 9.90 Å². The molecule has 0 radical (unpaired) electrons. The van der Waals surface area contributed by atoms with Crippen molar-refractivity contribution in [3.63, 3.8) is 0 Å². The molecule has 1 unspecified atom stereocenters. The molecule has 1 amide bonds. The lowest BCUT2D eigenvalue weighted by atomic mass is 10.1. The molecule has 2 aromatic heterocycles. The maximum atomic E-state index is 12.4. The Morgan fingerprint density at radius 3 is 2.91 bits per heavy atom. The minimum absolute atomic E-state index is 0.232. The van der Waals surface area contributed by atoms with Crippen molar-refractivity contribution in [3.8, 4) is 10.6 Å². The Morgan fingerprint density at radius 2 is 2.26 bits per heavy atom. The molecule has 6 heteroatoms. The lowest BCUT2D eigenvalue weighted by molar-refractivity contribution is 0.0907. The van der Waals surface area contributed by atoms with Gasteiger partial charge in [-0.05, 0) is 31.2 Å². The number of benzene rings is 1. The standard InChI is InChI=1S/C17H16N2O3S/c1-11-10-23-17(18-11)13-5-2-4-12(8-13)16(21)19-14(9-20)15-6-3-7-22-15/h2-8,10,14,20H,9H2,1H3,(H,19,21). The lowest BCUT2D eigenvalue weighted by Gasteiger charge is -2.14. The van der Waals surface area contributed by atoms with Gasteiger partial charge in [0.2, 0.25) is 0 Å². The number of carbonyl (C=O) groups excluding carboxylic acids is 1. The maximum absolute atomic E-state index is 12.4. The molecule has 0 saturated heterocycles. The van der Waals surface area contributed by atoms with Crippen molar-refractivity contribution in [1.82, 2.24) is 10.3 Å². The van der Waals surface area contributed by atoms with E-state index in [0.717, 1.165) is 16.3 Å². The van der Waals surface area contributed by atoms with Gasteiger partial charge < -0.3 is 14.8 Å². The van der Waals surface area contributed by atoms with Crippen molar-refractivity contribution in [2.24, 2.45) is 0 Å². The number of nitrogens with one attached hydrogen (secondary N) is 1. The van der Waals surface area contributed by atoms with Crippen LogP contribution in [0.1, 0.15) is 27.9 Å². The molecule has 0 saturated carbocycles. The van der Waals surface area contributed by atoms with Crippen LogP contribution in [-0.4, -0.2) is 22.6 Å². The number of aromatic nitrogens is 1. The summed E-state index contributed by atoms with van der Waals surface area (Å²) in [5, 5.41) is 15.1. The van der Waals surface area contributed by atoms with Gasteiger partial charge in [-0.15, -0.1) is 11.3 Å². The Balaban J connectivity index is 1.80. The summed E-state index contributed by atoms with van der Waals surface area (Å²) < 4.78 is 5.24. The predicted molar refractivity (Wildman–Crippen MR) is 88.3 cm³/mol. The second kappa shape index (κ2) is 6.76. The molecule has 3 aromatic rings. The van der Waals surface area contributed by atoms with Crippen LogP contribution in [0.5, 0.6) is 0 Å². The highest BCUT2D eigenvalue weighted by molar-refractivity contribution is 7.13. The van der Waals surface area contributed by atoms with E-state index in [1.54, 1.807) is 35.6 Å².